The van der Waals surface area contributed by atoms with Crippen molar-refractivity contribution in [2.75, 3.05) is 13.2 Å². The Balaban J connectivity index is 1.84. The highest BCUT2D eigenvalue weighted by Gasteiger charge is 2.37. The van der Waals surface area contributed by atoms with E-state index < -0.39 is 11.5 Å². The second-order valence-corrected chi connectivity index (χ2v) is 6.89. The molecular weight excluding hydrogens is 358 g/mol. The number of aromatic nitrogens is 2. The minimum atomic E-state index is -0.946. The number of hydrogen-bond acceptors (Lipinski definition) is 4. The minimum Gasteiger partial charge on any atom is -0.481 e. The summed E-state index contributed by atoms with van der Waals surface area (Å²) in [5.41, 5.74) is 1.01. The van der Waals surface area contributed by atoms with Crippen LogP contribution in [-0.4, -0.2) is 45.5 Å². The number of amides is 1. The van der Waals surface area contributed by atoms with Crippen LogP contribution in [0.25, 0.3) is 5.69 Å². The van der Waals surface area contributed by atoms with Gasteiger partial charge in [0, 0.05) is 18.2 Å². The molecule has 7 nitrogen and oxygen atoms in total. The Morgan fingerprint density at radius 1 is 1.38 bits per heavy atom. The SMILES string of the molecule is Cc1c(C(=O)NC2(CC(=O)O)CCOCC2)cnn1-c1cccc(Cl)c1. The molecule has 1 aromatic heterocycles. The number of carbonyl (C=O) groups excluding carboxylic acids is 1. The van der Waals surface area contributed by atoms with Gasteiger partial charge in [-0.25, -0.2) is 4.68 Å². The topological polar surface area (TPSA) is 93.5 Å². The molecule has 138 valence electrons. The van der Waals surface area contributed by atoms with E-state index in [0.717, 1.165) is 5.69 Å². The van der Waals surface area contributed by atoms with Gasteiger partial charge in [0.2, 0.25) is 0 Å². The van der Waals surface area contributed by atoms with Crippen LogP contribution in [0.3, 0.4) is 0 Å². The highest BCUT2D eigenvalue weighted by atomic mass is 35.5. The van der Waals surface area contributed by atoms with Crippen molar-refractivity contribution in [3.8, 4) is 5.69 Å². The van der Waals surface area contributed by atoms with Crippen LogP contribution in [0.15, 0.2) is 30.5 Å². The number of halogens is 1. The fourth-order valence-corrected chi connectivity index (χ4v) is 3.39. The molecule has 1 aliphatic rings. The van der Waals surface area contributed by atoms with Gasteiger partial charge in [0.1, 0.15) is 0 Å². The smallest absolute Gasteiger partial charge is 0.305 e. The summed E-state index contributed by atoms with van der Waals surface area (Å²) in [6, 6.07) is 7.17. The monoisotopic (exact) mass is 377 g/mol. The van der Waals surface area contributed by atoms with Crippen LogP contribution in [0, 0.1) is 6.92 Å². The molecule has 1 aliphatic heterocycles. The third-order valence-electron chi connectivity index (χ3n) is 4.63. The molecule has 1 fully saturated rings. The van der Waals surface area contributed by atoms with Crippen molar-refractivity contribution in [3.05, 3.63) is 46.7 Å². The van der Waals surface area contributed by atoms with Crippen molar-refractivity contribution < 1.29 is 19.4 Å². The zero-order valence-electron chi connectivity index (χ0n) is 14.4. The molecule has 0 radical (unpaired) electrons. The molecule has 0 spiro atoms. The number of benzene rings is 1. The summed E-state index contributed by atoms with van der Waals surface area (Å²) in [5.74, 6) is -1.28. The predicted octanol–water partition coefficient (Wildman–Crippen LogP) is 2.59. The van der Waals surface area contributed by atoms with Crippen LogP contribution >= 0.6 is 11.6 Å². The maximum absolute atomic E-state index is 12.8. The largest absolute Gasteiger partial charge is 0.481 e. The molecule has 0 atom stereocenters. The third kappa shape index (κ3) is 3.89. The number of ether oxygens (including phenoxy) is 1. The van der Waals surface area contributed by atoms with Gasteiger partial charge in [-0.1, -0.05) is 17.7 Å². The second kappa shape index (κ2) is 7.47. The quantitative estimate of drug-likeness (QED) is 0.835. The van der Waals surface area contributed by atoms with E-state index in [4.69, 9.17) is 16.3 Å². The molecular formula is C18H20ClN3O4. The van der Waals surface area contributed by atoms with Crippen LogP contribution in [0.1, 0.15) is 35.3 Å². The van der Waals surface area contributed by atoms with Gasteiger partial charge in [-0.15, -0.1) is 0 Å². The van der Waals surface area contributed by atoms with E-state index in [1.165, 1.54) is 6.20 Å². The molecule has 0 unspecified atom stereocenters. The number of carbonyl (C=O) groups is 2. The summed E-state index contributed by atoms with van der Waals surface area (Å²) in [6.45, 7) is 2.64. The van der Waals surface area contributed by atoms with E-state index in [-0.39, 0.29) is 12.3 Å². The lowest BCUT2D eigenvalue weighted by molar-refractivity contribution is -0.139. The Morgan fingerprint density at radius 3 is 2.77 bits per heavy atom. The van der Waals surface area contributed by atoms with Crippen molar-refractivity contribution in [2.45, 2.75) is 31.7 Å². The lowest BCUT2D eigenvalue weighted by atomic mass is 9.86. The summed E-state index contributed by atoms with van der Waals surface area (Å²) >= 11 is 6.02. The van der Waals surface area contributed by atoms with Gasteiger partial charge in [0.15, 0.2) is 0 Å². The van der Waals surface area contributed by atoms with Gasteiger partial charge >= 0.3 is 5.97 Å². The first kappa shape index (κ1) is 18.4. The molecule has 8 heteroatoms. The molecule has 26 heavy (non-hydrogen) atoms. The standard InChI is InChI=1S/C18H20ClN3O4/c1-12-15(11-20-22(12)14-4-2-3-13(19)9-14)17(25)21-18(10-16(23)24)5-7-26-8-6-18/h2-4,9,11H,5-8,10H2,1H3,(H,21,25)(H,23,24). The van der Waals surface area contributed by atoms with Crippen molar-refractivity contribution in [3.63, 3.8) is 0 Å². The van der Waals surface area contributed by atoms with Crippen LogP contribution in [0.4, 0.5) is 0 Å². The zero-order valence-corrected chi connectivity index (χ0v) is 15.1. The maximum Gasteiger partial charge on any atom is 0.305 e. The average Bonchev–Trinajstić information content (AvgIpc) is 2.96. The Bertz CT molecular complexity index is 828. The molecule has 0 bridgehead atoms. The lowest BCUT2D eigenvalue weighted by Crippen LogP contribution is -2.53. The summed E-state index contributed by atoms with van der Waals surface area (Å²) in [4.78, 5) is 24.1. The van der Waals surface area contributed by atoms with E-state index in [1.54, 1.807) is 23.7 Å². The molecule has 2 N–H and O–H groups in total. The maximum atomic E-state index is 12.8. The minimum absolute atomic E-state index is 0.135. The first-order valence-corrected chi connectivity index (χ1v) is 8.71. The number of carboxylic acid groups (broad SMARTS) is 1. The van der Waals surface area contributed by atoms with Crippen LogP contribution in [0.2, 0.25) is 5.02 Å². The van der Waals surface area contributed by atoms with Crippen molar-refractivity contribution in [2.24, 2.45) is 0 Å². The molecule has 1 aromatic carbocycles. The fraction of sp³-hybridized carbons (Fsp3) is 0.389. The molecule has 2 aromatic rings. The number of carboxylic acids is 1. The summed E-state index contributed by atoms with van der Waals surface area (Å²) < 4.78 is 6.95. The molecule has 0 saturated carbocycles. The Labute approximate surface area is 155 Å². The second-order valence-electron chi connectivity index (χ2n) is 6.45. The third-order valence-corrected chi connectivity index (χ3v) is 4.86. The van der Waals surface area contributed by atoms with E-state index in [9.17, 15) is 14.7 Å². The van der Waals surface area contributed by atoms with Gasteiger partial charge < -0.3 is 15.2 Å². The molecule has 0 aliphatic carbocycles. The fourth-order valence-electron chi connectivity index (χ4n) is 3.21. The van der Waals surface area contributed by atoms with Gasteiger partial charge in [-0.05, 0) is 38.0 Å². The van der Waals surface area contributed by atoms with Gasteiger partial charge in [-0.2, -0.15) is 5.10 Å². The average molecular weight is 378 g/mol. The highest BCUT2D eigenvalue weighted by molar-refractivity contribution is 6.30. The van der Waals surface area contributed by atoms with Crippen LogP contribution in [-0.2, 0) is 9.53 Å². The molecule has 1 saturated heterocycles. The highest BCUT2D eigenvalue weighted by Crippen LogP contribution is 2.26. The van der Waals surface area contributed by atoms with E-state index in [1.807, 2.05) is 12.1 Å². The Morgan fingerprint density at radius 2 is 2.12 bits per heavy atom. The van der Waals surface area contributed by atoms with Crippen molar-refractivity contribution in [1.29, 1.82) is 0 Å². The van der Waals surface area contributed by atoms with Gasteiger partial charge in [0.05, 0.1) is 35.1 Å². The Hall–Kier alpha value is -2.38. The van der Waals surface area contributed by atoms with E-state index in [0.29, 0.717) is 42.3 Å². The normalized spacial score (nSPS) is 16.2. The zero-order chi connectivity index (χ0) is 18.7. The van der Waals surface area contributed by atoms with Crippen LogP contribution < -0.4 is 5.32 Å². The van der Waals surface area contributed by atoms with Gasteiger partial charge in [-0.3, -0.25) is 9.59 Å². The summed E-state index contributed by atoms with van der Waals surface area (Å²) in [6.07, 6.45) is 2.28. The number of rotatable bonds is 5. The number of hydrogen-bond donors (Lipinski definition) is 2. The molecule has 3 rings (SSSR count). The first-order valence-electron chi connectivity index (χ1n) is 8.33. The van der Waals surface area contributed by atoms with Crippen molar-refractivity contribution in [1.82, 2.24) is 15.1 Å². The number of nitrogens with zero attached hydrogens (tertiary/aromatic N) is 2. The number of nitrogens with one attached hydrogen (secondary N) is 1. The summed E-state index contributed by atoms with van der Waals surface area (Å²) in [5, 5.41) is 17.0. The lowest BCUT2D eigenvalue weighted by Gasteiger charge is -2.36. The van der Waals surface area contributed by atoms with E-state index >= 15 is 0 Å². The molecule has 2 heterocycles. The summed E-state index contributed by atoms with van der Waals surface area (Å²) in [7, 11) is 0. The van der Waals surface area contributed by atoms with Gasteiger partial charge in [0.25, 0.3) is 5.91 Å². The van der Waals surface area contributed by atoms with E-state index in [2.05, 4.69) is 10.4 Å². The molecule has 1 amide bonds. The Kier molecular flexibility index (Phi) is 5.29. The predicted molar refractivity (Wildman–Crippen MR) is 95.8 cm³/mol. The van der Waals surface area contributed by atoms with Crippen LogP contribution in [0.5, 0.6) is 0 Å². The first-order chi connectivity index (χ1) is 12.4. The van der Waals surface area contributed by atoms with Crippen molar-refractivity contribution >= 4 is 23.5 Å². The number of aliphatic carboxylic acids is 1.